The number of nitro groups is 2. The monoisotopic (exact) mass is 251 g/mol. The summed E-state index contributed by atoms with van der Waals surface area (Å²) < 4.78 is 1.06. The van der Waals surface area contributed by atoms with Crippen molar-refractivity contribution in [3.63, 3.8) is 0 Å². The van der Waals surface area contributed by atoms with E-state index in [1.54, 1.807) is 0 Å². The second-order valence-electron chi connectivity index (χ2n) is 3.17. The summed E-state index contributed by atoms with van der Waals surface area (Å²) in [6.45, 7) is 0. The summed E-state index contributed by atoms with van der Waals surface area (Å²) in [5, 5.41) is 31.7. The predicted molar refractivity (Wildman–Crippen MR) is 56.9 cm³/mol. The molecule has 2 aromatic rings. The van der Waals surface area contributed by atoms with Gasteiger partial charge >= 0.3 is 11.4 Å². The fraction of sp³-hybridized carbons (Fsp3) is 0. The quantitative estimate of drug-likeness (QED) is 0.455. The van der Waals surface area contributed by atoms with Gasteiger partial charge < -0.3 is 5.73 Å². The fourth-order valence-corrected chi connectivity index (χ4v) is 1.32. The molecule has 0 saturated carbocycles. The van der Waals surface area contributed by atoms with E-state index >= 15 is 0 Å². The average Bonchev–Trinajstić information content (AvgIpc) is 2.82. The minimum absolute atomic E-state index is 0.0765. The maximum atomic E-state index is 10.8. The lowest BCUT2D eigenvalue weighted by molar-refractivity contribution is -0.392. The Morgan fingerprint density at radius 2 is 1.72 bits per heavy atom. The van der Waals surface area contributed by atoms with Gasteiger partial charge in [0.05, 0.1) is 15.5 Å². The van der Waals surface area contributed by atoms with Gasteiger partial charge in [0.25, 0.3) is 0 Å². The van der Waals surface area contributed by atoms with Crippen LogP contribution in [0.4, 0.5) is 17.1 Å². The third kappa shape index (κ3) is 1.79. The third-order valence-corrected chi connectivity index (χ3v) is 2.13. The first-order chi connectivity index (χ1) is 8.50. The first-order valence-corrected chi connectivity index (χ1v) is 4.46. The number of anilines is 1. The standard InChI is InChI=1S/C7H5N7O4/c8-7-5(13(15)16)1-4(2-6(7)14(17)18)12-3-9-10-11-12/h1-3H,8H2. The van der Waals surface area contributed by atoms with Crippen molar-refractivity contribution in [3.05, 3.63) is 38.7 Å². The summed E-state index contributed by atoms with van der Waals surface area (Å²) in [5.74, 6) is 0. The lowest BCUT2D eigenvalue weighted by Crippen LogP contribution is -2.04. The van der Waals surface area contributed by atoms with E-state index in [-0.39, 0.29) is 5.69 Å². The molecule has 0 atom stereocenters. The number of nitrogen functional groups attached to an aromatic ring is 1. The molecule has 1 heterocycles. The molecule has 0 radical (unpaired) electrons. The number of rotatable bonds is 3. The van der Waals surface area contributed by atoms with Crippen molar-refractivity contribution in [1.29, 1.82) is 0 Å². The van der Waals surface area contributed by atoms with Crippen molar-refractivity contribution in [1.82, 2.24) is 20.2 Å². The molecule has 0 aliphatic rings. The van der Waals surface area contributed by atoms with Crippen molar-refractivity contribution < 1.29 is 9.85 Å². The van der Waals surface area contributed by atoms with Gasteiger partial charge in [0, 0.05) is 12.1 Å². The minimum Gasteiger partial charge on any atom is -0.387 e. The van der Waals surface area contributed by atoms with E-state index in [1.165, 1.54) is 0 Å². The molecular formula is C7H5N7O4. The summed E-state index contributed by atoms with van der Waals surface area (Å²) in [6.07, 6.45) is 1.15. The highest BCUT2D eigenvalue weighted by Crippen LogP contribution is 2.33. The summed E-state index contributed by atoms with van der Waals surface area (Å²) in [5.41, 5.74) is 3.78. The number of nitrogens with zero attached hydrogens (tertiary/aromatic N) is 6. The first-order valence-electron chi connectivity index (χ1n) is 4.46. The second kappa shape index (κ2) is 4.04. The molecule has 18 heavy (non-hydrogen) atoms. The summed E-state index contributed by atoms with van der Waals surface area (Å²) in [7, 11) is 0. The van der Waals surface area contributed by atoms with Crippen LogP contribution in [0.25, 0.3) is 5.69 Å². The topological polar surface area (TPSA) is 156 Å². The Labute approximate surface area is 98.1 Å². The highest BCUT2D eigenvalue weighted by Gasteiger charge is 2.25. The van der Waals surface area contributed by atoms with E-state index in [4.69, 9.17) is 5.73 Å². The number of hydrogen-bond donors (Lipinski definition) is 1. The van der Waals surface area contributed by atoms with Crippen LogP contribution in [0, 0.1) is 20.2 Å². The number of tetrazole rings is 1. The van der Waals surface area contributed by atoms with Crippen molar-refractivity contribution >= 4 is 17.1 Å². The number of benzene rings is 1. The Morgan fingerprint density at radius 1 is 1.17 bits per heavy atom. The zero-order valence-corrected chi connectivity index (χ0v) is 8.63. The van der Waals surface area contributed by atoms with Gasteiger partial charge in [-0.1, -0.05) is 0 Å². The van der Waals surface area contributed by atoms with E-state index in [1.807, 2.05) is 0 Å². The molecule has 11 nitrogen and oxygen atoms in total. The minimum atomic E-state index is -0.809. The van der Waals surface area contributed by atoms with Gasteiger partial charge in [0.15, 0.2) is 5.69 Å². The molecule has 0 aliphatic heterocycles. The summed E-state index contributed by atoms with van der Waals surface area (Å²) in [4.78, 5) is 19.9. The zero-order chi connectivity index (χ0) is 13.3. The molecular weight excluding hydrogens is 246 g/mol. The van der Waals surface area contributed by atoms with Crippen molar-refractivity contribution in [2.75, 3.05) is 5.73 Å². The Balaban J connectivity index is 2.70. The largest absolute Gasteiger partial charge is 0.387 e. The van der Waals surface area contributed by atoms with Crippen LogP contribution in [0.5, 0.6) is 0 Å². The molecule has 0 aliphatic carbocycles. The van der Waals surface area contributed by atoms with E-state index in [9.17, 15) is 20.2 Å². The SMILES string of the molecule is Nc1c([N+](=O)[O-])cc(-n2cnnn2)cc1[N+](=O)[O-]. The molecule has 0 amide bonds. The molecule has 2 rings (SSSR count). The Morgan fingerprint density at radius 3 is 2.11 bits per heavy atom. The Hall–Kier alpha value is -3.11. The van der Waals surface area contributed by atoms with Gasteiger partial charge in [0.1, 0.15) is 6.33 Å². The van der Waals surface area contributed by atoms with Crippen LogP contribution >= 0.6 is 0 Å². The van der Waals surface area contributed by atoms with Crippen LogP contribution in [0.15, 0.2) is 18.5 Å². The van der Waals surface area contributed by atoms with E-state index < -0.39 is 26.9 Å². The van der Waals surface area contributed by atoms with Gasteiger partial charge in [-0.2, -0.15) is 0 Å². The van der Waals surface area contributed by atoms with Crippen molar-refractivity contribution in [3.8, 4) is 5.69 Å². The van der Waals surface area contributed by atoms with Crippen LogP contribution in [0.1, 0.15) is 0 Å². The van der Waals surface area contributed by atoms with Crippen LogP contribution in [-0.4, -0.2) is 30.1 Å². The molecule has 0 spiro atoms. The van der Waals surface area contributed by atoms with E-state index in [0.717, 1.165) is 23.1 Å². The Bertz CT molecular complexity index is 588. The summed E-state index contributed by atoms with van der Waals surface area (Å²) >= 11 is 0. The van der Waals surface area contributed by atoms with Gasteiger partial charge in [-0.3, -0.25) is 20.2 Å². The lowest BCUT2D eigenvalue weighted by Gasteiger charge is -2.03. The number of nitrogens with two attached hydrogens (primary N) is 1. The molecule has 0 saturated heterocycles. The van der Waals surface area contributed by atoms with Gasteiger partial charge in [0.2, 0.25) is 0 Å². The highest BCUT2D eigenvalue weighted by molar-refractivity contribution is 5.74. The molecule has 0 bridgehead atoms. The van der Waals surface area contributed by atoms with Crippen molar-refractivity contribution in [2.45, 2.75) is 0 Å². The highest BCUT2D eigenvalue weighted by atomic mass is 16.6. The molecule has 2 N–H and O–H groups in total. The number of hydrogen-bond acceptors (Lipinski definition) is 8. The zero-order valence-electron chi connectivity index (χ0n) is 8.63. The Kier molecular flexibility index (Phi) is 2.56. The predicted octanol–water partition coefficient (Wildman–Crippen LogP) is 0.0609. The summed E-state index contributed by atoms with van der Waals surface area (Å²) in [6, 6.07) is 2.11. The molecule has 0 unspecified atom stereocenters. The fourth-order valence-electron chi connectivity index (χ4n) is 1.32. The number of aromatic nitrogens is 4. The average molecular weight is 251 g/mol. The second-order valence-corrected chi connectivity index (χ2v) is 3.17. The lowest BCUT2D eigenvalue weighted by atomic mass is 10.2. The first kappa shape index (κ1) is 11.4. The van der Waals surface area contributed by atoms with Gasteiger partial charge in [-0.15, -0.1) is 5.10 Å². The van der Waals surface area contributed by atoms with Crippen LogP contribution in [-0.2, 0) is 0 Å². The number of nitro benzene ring substituents is 2. The maximum absolute atomic E-state index is 10.8. The van der Waals surface area contributed by atoms with Gasteiger partial charge in [-0.25, -0.2) is 4.68 Å². The molecule has 92 valence electrons. The van der Waals surface area contributed by atoms with Gasteiger partial charge in [-0.05, 0) is 10.4 Å². The normalized spacial score (nSPS) is 10.2. The maximum Gasteiger partial charge on any atom is 0.301 e. The van der Waals surface area contributed by atoms with E-state index in [2.05, 4.69) is 15.5 Å². The van der Waals surface area contributed by atoms with Crippen molar-refractivity contribution in [2.24, 2.45) is 0 Å². The molecule has 11 heteroatoms. The van der Waals surface area contributed by atoms with Crippen LogP contribution < -0.4 is 5.73 Å². The molecule has 1 aromatic heterocycles. The molecule has 1 aromatic carbocycles. The van der Waals surface area contributed by atoms with E-state index in [0.29, 0.717) is 0 Å². The molecule has 0 fully saturated rings. The van der Waals surface area contributed by atoms with Crippen LogP contribution in [0.2, 0.25) is 0 Å². The van der Waals surface area contributed by atoms with Crippen LogP contribution in [0.3, 0.4) is 0 Å². The smallest absolute Gasteiger partial charge is 0.301 e. The third-order valence-electron chi connectivity index (χ3n) is 2.13.